The lowest BCUT2D eigenvalue weighted by atomic mass is 10.0. The molecule has 7 nitrogen and oxygen atoms in total. The van der Waals surface area contributed by atoms with Gasteiger partial charge in [-0.1, -0.05) is 6.42 Å². The normalized spacial score (nSPS) is 20.4. The highest BCUT2D eigenvalue weighted by molar-refractivity contribution is 7.89. The van der Waals surface area contributed by atoms with E-state index >= 15 is 0 Å². The number of hydrogen-bond donors (Lipinski definition) is 1. The van der Waals surface area contributed by atoms with Crippen molar-refractivity contribution in [2.24, 2.45) is 0 Å². The van der Waals surface area contributed by atoms with E-state index in [1.165, 1.54) is 16.8 Å². The van der Waals surface area contributed by atoms with E-state index in [0.29, 0.717) is 13.0 Å². The topological polar surface area (TPSA) is 92.4 Å². The highest BCUT2D eigenvalue weighted by Crippen LogP contribution is 2.27. The van der Waals surface area contributed by atoms with Crippen LogP contribution in [-0.4, -0.2) is 46.8 Å². The molecule has 2 heterocycles. The number of rotatable bonds is 5. The van der Waals surface area contributed by atoms with E-state index < -0.39 is 15.6 Å². The van der Waals surface area contributed by atoms with Gasteiger partial charge in [0.15, 0.2) is 5.03 Å². The molecule has 130 valence electrons. The maximum absolute atomic E-state index is 12.7. The summed E-state index contributed by atoms with van der Waals surface area (Å²) in [5.41, 5.74) is -0.522. The summed E-state index contributed by atoms with van der Waals surface area (Å²) in [6.45, 7) is 5.93. The Morgan fingerprint density at radius 2 is 2.17 bits per heavy atom. The number of piperidine rings is 1. The number of nitrogens with zero attached hydrogens (tertiary/aromatic N) is 2. The lowest BCUT2D eigenvalue weighted by molar-refractivity contribution is -0.155. The second kappa shape index (κ2) is 7.00. The van der Waals surface area contributed by atoms with Crippen LogP contribution in [-0.2, 0) is 19.6 Å². The zero-order chi connectivity index (χ0) is 17.1. The van der Waals surface area contributed by atoms with Gasteiger partial charge in [0.25, 0.3) is 10.0 Å². The molecule has 0 bridgehead atoms. The van der Waals surface area contributed by atoms with Crippen molar-refractivity contribution in [1.29, 1.82) is 0 Å². The summed E-state index contributed by atoms with van der Waals surface area (Å²) in [5.74, 6) is -0.290. The van der Waals surface area contributed by atoms with Crippen molar-refractivity contribution < 1.29 is 17.9 Å². The number of aromatic amines is 1. The summed E-state index contributed by atoms with van der Waals surface area (Å²) in [6.07, 6.45) is 5.92. The Hall–Kier alpha value is -1.41. The summed E-state index contributed by atoms with van der Waals surface area (Å²) in [4.78, 5) is 18.3. The van der Waals surface area contributed by atoms with Crippen LogP contribution >= 0.6 is 0 Å². The smallest absolute Gasteiger partial charge is 0.306 e. The molecule has 1 unspecified atom stereocenters. The highest BCUT2D eigenvalue weighted by atomic mass is 32.2. The van der Waals surface area contributed by atoms with Crippen LogP contribution in [0.3, 0.4) is 0 Å². The largest absolute Gasteiger partial charge is 0.460 e. The number of carbonyl (C=O) groups is 1. The van der Waals surface area contributed by atoms with Gasteiger partial charge >= 0.3 is 5.97 Å². The van der Waals surface area contributed by atoms with Crippen LogP contribution in [0.25, 0.3) is 0 Å². The number of carbonyl (C=O) groups excluding carboxylic acids is 1. The predicted octanol–water partition coefficient (Wildman–Crippen LogP) is 2.07. The Bertz CT molecular complexity index is 620. The van der Waals surface area contributed by atoms with Gasteiger partial charge in [-0.05, 0) is 40.0 Å². The molecule has 2 rings (SSSR count). The van der Waals surface area contributed by atoms with Crippen LogP contribution in [0.2, 0.25) is 0 Å². The van der Waals surface area contributed by atoms with E-state index in [-0.39, 0.29) is 23.5 Å². The third-order valence-electron chi connectivity index (χ3n) is 3.73. The third kappa shape index (κ3) is 4.78. The van der Waals surface area contributed by atoms with Gasteiger partial charge in [-0.2, -0.15) is 4.31 Å². The van der Waals surface area contributed by atoms with Gasteiger partial charge in [0.05, 0.1) is 12.5 Å². The molecule has 0 aliphatic carbocycles. The first-order valence-electron chi connectivity index (χ1n) is 7.92. The number of aromatic nitrogens is 2. The number of hydrogen-bond acceptors (Lipinski definition) is 5. The van der Waals surface area contributed by atoms with Crippen molar-refractivity contribution in [2.45, 2.75) is 69.5 Å². The molecule has 1 aliphatic heterocycles. The number of nitrogens with one attached hydrogen (secondary N) is 1. The average Bonchev–Trinajstić information content (AvgIpc) is 2.98. The maximum Gasteiger partial charge on any atom is 0.306 e. The Morgan fingerprint density at radius 3 is 2.78 bits per heavy atom. The first kappa shape index (κ1) is 17.9. The molecule has 0 saturated carbocycles. The van der Waals surface area contributed by atoms with Crippen LogP contribution in [0.15, 0.2) is 17.6 Å². The molecule has 0 aromatic carbocycles. The van der Waals surface area contributed by atoms with Crippen LogP contribution in [0.1, 0.15) is 52.9 Å². The standard InChI is InChI=1S/C15H25N3O4S/c1-15(2,3)22-14(19)8-7-12-6-4-5-9-18(12)23(20,21)13-10-16-11-17-13/h10-12H,4-9H2,1-3H3,(H,16,17). The van der Waals surface area contributed by atoms with Crippen LogP contribution < -0.4 is 0 Å². The average molecular weight is 343 g/mol. The summed E-state index contributed by atoms with van der Waals surface area (Å²) in [6, 6.07) is -0.176. The molecule has 1 aromatic heterocycles. The zero-order valence-electron chi connectivity index (χ0n) is 13.9. The lowest BCUT2D eigenvalue weighted by Crippen LogP contribution is -2.44. The third-order valence-corrected chi connectivity index (χ3v) is 5.61. The van der Waals surface area contributed by atoms with Crippen LogP contribution in [0, 0.1) is 0 Å². The van der Waals surface area contributed by atoms with Crippen molar-refractivity contribution in [1.82, 2.24) is 14.3 Å². The van der Waals surface area contributed by atoms with E-state index in [0.717, 1.165) is 19.3 Å². The van der Waals surface area contributed by atoms with E-state index in [4.69, 9.17) is 4.74 Å². The molecular weight excluding hydrogens is 318 g/mol. The summed E-state index contributed by atoms with van der Waals surface area (Å²) < 4.78 is 32.1. The van der Waals surface area contributed by atoms with Gasteiger partial charge < -0.3 is 9.72 Å². The first-order valence-corrected chi connectivity index (χ1v) is 9.36. The van der Waals surface area contributed by atoms with Crippen molar-refractivity contribution in [3.8, 4) is 0 Å². The molecule has 8 heteroatoms. The SMILES string of the molecule is CC(C)(C)OC(=O)CCC1CCCCN1S(=O)(=O)c1cnc[nH]1. The minimum atomic E-state index is -3.59. The van der Waals surface area contributed by atoms with Gasteiger partial charge in [-0.15, -0.1) is 0 Å². The van der Waals surface area contributed by atoms with Crippen molar-refractivity contribution in [2.75, 3.05) is 6.54 Å². The second-order valence-corrected chi connectivity index (χ2v) is 8.67. The fourth-order valence-corrected chi connectivity index (χ4v) is 4.39. The quantitative estimate of drug-likeness (QED) is 0.826. The van der Waals surface area contributed by atoms with Gasteiger partial charge in [-0.25, -0.2) is 13.4 Å². The summed E-state index contributed by atoms with van der Waals surface area (Å²) in [7, 11) is -3.59. The number of esters is 1. The van der Waals surface area contributed by atoms with E-state index in [1.807, 2.05) is 20.8 Å². The molecule has 1 N–H and O–H groups in total. The van der Waals surface area contributed by atoms with E-state index in [9.17, 15) is 13.2 Å². The van der Waals surface area contributed by atoms with Crippen molar-refractivity contribution >= 4 is 16.0 Å². The molecule has 0 radical (unpaired) electrons. The van der Waals surface area contributed by atoms with Gasteiger partial charge in [0.1, 0.15) is 5.60 Å². The number of H-pyrrole nitrogens is 1. The van der Waals surface area contributed by atoms with Crippen molar-refractivity contribution in [3.05, 3.63) is 12.5 Å². The van der Waals surface area contributed by atoms with Gasteiger partial charge in [0.2, 0.25) is 0 Å². The Kier molecular flexibility index (Phi) is 5.46. The molecule has 1 aromatic rings. The number of sulfonamides is 1. The molecule has 0 amide bonds. The van der Waals surface area contributed by atoms with Crippen molar-refractivity contribution in [3.63, 3.8) is 0 Å². The summed E-state index contributed by atoms with van der Waals surface area (Å²) >= 11 is 0. The minimum Gasteiger partial charge on any atom is -0.460 e. The monoisotopic (exact) mass is 343 g/mol. The molecule has 1 atom stereocenters. The predicted molar refractivity (Wildman–Crippen MR) is 85.2 cm³/mol. The fraction of sp³-hybridized carbons (Fsp3) is 0.733. The second-order valence-electron chi connectivity index (χ2n) is 6.81. The highest BCUT2D eigenvalue weighted by Gasteiger charge is 2.34. The van der Waals surface area contributed by atoms with Gasteiger partial charge in [-0.3, -0.25) is 4.79 Å². The lowest BCUT2D eigenvalue weighted by Gasteiger charge is -2.34. The van der Waals surface area contributed by atoms with Crippen LogP contribution in [0.4, 0.5) is 0 Å². The minimum absolute atomic E-state index is 0.0988. The zero-order valence-corrected chi connectivity index (χ0v) is 14.7. The molecule has 1 aliphatic rings. The Labute approximate surface area is 137 Å². The maximum atomic E-state index is 12.7. The Balaban J connectivity index is 2.03. The fourth-order valence-electron chi connectivity index (χ4n) is 2.77. The molecule has 1 saturated heterocycles. The van der Waals surface area contributed by atoms with Gasteiger partial charge in [0, 0.05) is 19.0 Å². The van der Waals surface area contributed by atoms with E-state index in [1.54, 1.807) is 0 Å². The number of ether oxygens (including phenoxy) is 1. The van der Waals surface area contributed by atoms with Crippen LogP contribution in [0.5, 0.6) is 0 Å². The molecule has 1 fully saturated rings. The molecule has 0 spiro atoms. The molecule has 23 heavy (non-hydrogen) atoms. The Morgan fingerprint density at radius 1 is 1.43 bits per heavy atom. The number of imidazole rings is 1. The van der Waals surface area contributed by atoms with E-state index in [2.05, 4.69) is 9.97 Å². The summed E-state index contributed by atoms with van der Waals surface area (Å²) in [5, 5.41) is 0.0988. The first-order chi connectivity index (χ1) is 10.7. The molecular formula is C15H25N3O4S.